The fourth-order valence-electron chi connectivity index (χ4n) is 3.28. The lowest BCUT2D eigenvalue weighted by atomic mass is 10.2. The van der Waals surface area contributed by atoms with E-state index in [0.29, 0.717) is 6.61 Å². The Morgan fingerprint density at radius 2 is 1.64 bits per heavy atom. The molecule has 1 saturated heterocycles. The summed E-state index contributed by atoms with van der Waals surface area (Å²) in [5, 5.41) is 0. The highest BCUT2D eigenvalue weighted by Crippen LogP contribution is 2.28. The Balaban J connectivity index is 1.55. The van der Waals surface area contributed by atoms with Crippen LogP contribution in [-0.2, 0) is 11.3 Å². The summed E-state index contributed by atoms with van der Waals surface area (Å²) >= 11 is 0. The largest absolute Gasteiger partial charge is 0.495 e. The molecular formula is C21H27N2O2. The predicted octanol–water partition coefficient (Wildman–Crippen LogP) is 3.58. The topological polar surface area (TPSA) is 24.9 Å². The van der Waals surface area contributed by atoms with Crippen LogP contribution in [0, 0.1) is 6.92 Å². The molecule has 0 saturated carbocycles. The monoisotopic (exact) mass is 339 g/mol. The van der Waals surface area contributed by atoms with Gasteiger partial charge in [-0.2, -0.15) is 0 Å². The predicted molar refractivity (Wildman–Crippen MR) is 102 cm³/mol. The van der Waals surface area contributed by atoms with Gasteiger partial charge in [0, 0.05) is 26.2 Å². The SMILES string of the molecule is [CH2]CC(OCc1ccccc1)N1CCN(c2ccccc2OC)CC1. The maximum atomic E-state index is 6.12. The molecular weight excluding hydrogens is 312 g/mol. The molecule has 1 heterocycles. The molecule has 133 valence electrons. The first-order chi connectivity index (χ1) is 12.3. The van der Waals surface area contributed by atoms with Crippen LogP contribution in [0.25, 0.3) is 0 Å². The fourth-order valence-corrected chi connectivity index (χ4v) is 3.28. The third-order valence-electron chi connectivity index (χ3n) is 4.68. The van der Waals surface area contributed by atoms with Crippen molar-refractivity contribution in [2.24, 2.45) is 0 Å². The molecule has 2 aromatic carbocycles. The molecule has 1 unspecified atom stereocenters. The lowest BCUT2D eigenvalue weighted by Gasteiger charge is -2.40. The molecule has 4 heteroatoms. The molecule has 1 fully saturated rings. The minimum Gasteiger partial charge on any atom is -0.495 e. The van der Waals surface area contributed by atoms with E-state index in [2.05, 4.69) is 41.0 Å². The molecule has 0 amide bonds. The number of methoxy groups -OCH3 is 1. The second-order valence-electron chi connectivity index (χ2n) is 6.23. The molecule has 0 bridgehead atoms. The summed E-state index contributed by atoms with van der Waals surface area (Å²) in [4.78, 5) is 4.77. The number of piperazine rings is 1. The number of nitrogens with zero attached hydrogens (tertiary/aromatic N) is 2. The molecule has 25 heavy (non-hydrogen) atoms. The Labute approximate surface area is 151 Å². The van der Waals surface area contributed by atoms with Crippen LogP contribution in [0.2, 0.25) is 0 Å². The highest BCUT2D eigenvalue weighted by atomic mass is 16.5. The molecule has 2 aromatic rings. The molecule has 0 aliphatic carbocycles. The van der Waals surface area contributed by atoms with Gasteiger partial charge in [-0.3, -0.25) is 4.90 Å². The Kier molecular flexibility index (Phi) is 6.31. The molecule has 3 rings (SSSR count). The zero-order chi connectivity index (χ0) is 17.5. The maximum Gasteiger partial charge on any atom is 0.142 e. The van der Waals surface area contributed by atoms with Crippen molar-refractivity contribution < 1.29 is 9.47 Å². The standard InChI is InChI=1S/C21H27N2O2/c1-3-21(25-17-18-9-5-4-6-10-18)23-15-13-22(14-16-23)19-11-7-8-12-20(19)24-2/h4-12,21H,1,3,13-17H2,2H3. The van der Waals surface area contributed by atoms with Crippen LogP contribution in [0.3, 0.4) is 0 Å². The van der Waals surface area contributed by atoms with Gasteiger partial charge in [0.1, 0.15) is 12.0 Å². The van der Waals surface area contributed by atoms with Crippen molar-refractivity contribution in [3.05, 3.63) is 67.1 Å². The van der Waals surface area contributed by atoms with E-state index in [0.717, 1.165) is 38.3 Å². The minimum absolute atomic E-state index is 0.0695. The van der Waals surface area contributed by atoms with Crippen molar-refractivity contribution in [1.29, 1.82) is 0 Å². The summed E-state index contributed by atoms with van der Waals surface area (Å²) < 4.78 is 11.6. The fraction of sp³-hybridized carbons (Fsp3) is 0.381. The summed E-state index contributed by atoms with van der Waals surface area (Å²) in [6.45, 7) is 8.57. The third kappa shape index (κ3) is 4.53. The summed E-state index contributed by atoms with van der Waals surface area (Å²) in [6.07, 6.45) is 0.821. The quantitative estimate of drug-likeness (QED) is 0.770. The van der Waals surface area contributed by atoms with Crippen molar-refractivity contribution in [1.82, 2.24) is 4.90 Å². The van der Waals surface area contributed by atoms with Gasteiger partial charge >= 0.3 is 0 Å². The van der Waals surface area contributed by atoms with E-state index in [9.17, 15) is 0 Å². The number of para-hydroxylation sites is 2. The first-order valence-electron chi connectivity index (χ1n) is 8.88. The molecule has 4 nitrogen and oxygen atoms in total. The minimum atomic E-state index is 0.0695. The van der Waals surface area contributed by atoms with Crippen LogP contribution in [0.4, 0.5) is 5.69 Å². The first kappa shape index (κ1) is 17.8. The summed E-state index contributed by atoms with van der Waals surface area (Å²) in [7, 11) is 1.73. The lowest BCUT2D eigenvalue weighted by molar-refractivity contribution is -0.0688. The molecule has 1 atom stereocenters. The maximum absolute atomic E-state index is 6.12. The van der Waals surface area contributed by atoms with Gasteiger partial charge in [-0.15, -0.1) is 0 Å². The van der Waals surface area contributed by atoms with Crippen molar-refractivity contribution in [3.63, 3.8) is 0 Å². The van der Waals surface area contributed by atoms with Crippen molar-refractivity contribution in [2.75, 3.05) is 38.2 Å². The number of benzene rings is 2. The molecule has 0 N–H and O–H groups in total. The third-order valence-corrected chi connectivity index (χ3v) is 4.68. The average Bonchev–Trinajstić information content (AvgIpc) is 2.70. The molecule has 1 aliphatic heterocycles. The second-order valence-corrected chi connectivity index (χ2v) is 6.23. The summed E-state index contributed by atoms with van der Waals surface area (Å²) in [5.74, 6) is 0.935. The van der Waals surface area contributed by atoms with E-state index < -0.39 is 0 Å². The lowest BCUT2D eigenvalue weighted by Crippen LogP contribution is -2.51. The van der Waals surface area contributed by atoms with Gasteiger partial charge in [-0.25, -0.2) is 0 Å². The summed E-state index contributed by atoms with van der Waals surface area (Å²) in [5.41, 5.74) is 2.37. The number of hydrogen-bond donors (Lipinski definition) is 0. The number of hydrogen-bond acceptors (Lipinski definition) is 4. The van der Waals surface area contributed by atoms with E-state index in [4.69, 9.17) is 9.47 Å². The van der Waals surface area contributed by atoms with Gasteiger partial charge in [-0.1, -0.05) is 42.5 Å². The van der Waals surface area contributed by atoms with Gasteiger partial charge in [0.05, 0.1) is 19.4 Å². The van der Waals surface area contributed by atoms with Gasteiger partial charge in [0.15, 0.2) is 0 Å². The Bertz CT molecular complexity index is 639. The number of rotatable bonds is 7. The van der Waals surface area contributed by atoms with E-state index >= 15 is 0 Å². The average molecular weight is 339 g/mol. The van der Waals surface area contributed by atoms with Crippen molar-refractivity contribution in [2.45, 2.75) is 19.3 Å². The van der Waals surface area contributed by atoms with E-state index in [-0.39, 0.29) is 6.23 Å². The van der Waals surface area contributed by atoms with Crippen molar-refractivity contribution >= 4 is 5.69 Å². The highest BCUT2D eigenvalue weighted by molar-refractivity contribution is 5.58. The number of anilines is 1. The molecule has 0 aromatic heterocycles. The van der Waals surface area contributed by atoms with E-state index in [1.165, 1.54) is 11.3 Å². The normalized spacial score (nSPS) is 16.6. The van der Waals surface area contributed by atoms with Gasteiger partial charge in [0.2, 0.25) is 0 Å². The molecule has 0 spiro atoms. The van der Waals surface area contributed by atoms with Crippen molar-refractivity contribution in [3.8, 4) is 5.75 Å². The van der Waals surface area contributed by atoms with Crippen LogP contribution < -0.4 is 9.64 Å². The smallest absolute Gasteiger partial charge is 0.142 e. The van der Waals surface area contributed by atoms with E-state index in [1.807, 2.05) is 30.3 Å². The zero-order valence-electron chi connectivity index (χ0n) is 14.9. The molecule has 1 radical (unpaired) electrons. The Morgan fingerprint density at radius 3 is 2.32 bits per heavy atom. The Morgan fingerprint density at radius 1 is 0.960 bits per heavy atom. The van der Waals surface area contributed by atoms with Crippen LogP contribution in [-0.4, -0.2) is 44.4 Å². The summed E-state index contributed by atoms with van der Waals surface area (Å²) in [6, 6.07) is 18.5. The highest BCUT2D eigenvalue weighted by Gasteiger charge is 2.24. The van der Waals surface area contributed by atoms with Crippen LogP contribution >= 0.6 is 0 Å². The van der Waals surface area contributed by atoms with Crippen LogP contribution in [0.15, 0.2) is 54.6 Å². The zero-order valence-corrected chi connectivity index (χ0v) is 14.9. The first-order valence-corrected chi connectivity index (χ1v) is 8.88. The van der Waals surface area contributed by atoms with Crippen LogP contribution in [0.5, 0.6) is 5.75 Å². The second kappa shape index (κ2) is 8.88. The van der Waals surface area contributed by atoms with E-state index in [1.54, 1.807) is 7.11 Å². The van der Waals surface area contributed by atoms with Gasteiger partial charge in [-0.05, 0) is 31.0 Å². The van der Waals surface area contributed by atoms with Gasteiger partial charge < -0.3 is 14.4 Å². The Hall–Kier alpha value is -2.04. The van der Waals surface area contributed by atoms with Gasteiger partial charge in [0.25, 0.3) is 0 Å². The van der Waals surface area contributed by atoms with Crippen LogP contribution in [0.1, 0.15) is 12.0 Å². The number of ether oxygens (including phenoxy) is 2. The molecule has 1 aliphatic rings.